The lowest BCUT2D eigenvalue weighted by Crippen LogP contribution is -2.07. The van der Waals surface area contributed by atoms with Gasteiger partial charge in [-0.15, -0.1) is 0 Å². The Hall–Kier alpha value is -3.44. The standard InChI is InChI=1S/C21H21FN4O5S/c1-2-29-10-11-30-16-7-5-6-15(12-16)14-31-21-23-13-17(22)20(24-21)25-32-19-9-4-3-8-18(19)26(27)28/h3-9,12-13H,2,10-11,14H2,1H3,(H,23,24,25). The van der Waals surface area contributed by atoms with Gasteiger partial charge in [-0.2, -0.15) is 4.98 Å². The topological polar surface area (TPSA) is 109 Å². The summed E-state index contributed by atoms with van der Waals surface area (Å²) in [5, 5.41) is 11.1. The number of nitro benzene ring substituents is 1. The highest BCUT2D eigenvalue weighted by Crippen LogP contribution is 2.30. The van der Waals surface area contributed by atoms with Crippen LogP contribution in [0.15, 0.2) is 59.6 Å². The average molecular weight is 460 g/mol. The zero-order valence-corrected chi connectivity index (χ0v) is 18.0. The summed E-state index contributed by atoms with van der Waals surface area (Å²) in [5.74, 6) is -0.187. The van der Waals surface area contributed by atoms with Crippen LogP contribution in [0.3, 0.4) is 0 Å². The summed E-state index contributed by atoms with van der Waals surface area (Å²) in [6.07, 6.45) is 0.970. The van der Waals surface area contributed by atoms with E-state index in [-0.39, 0.29) is 24.1 Å². The van der Waals surface area contributed by atoms with Gasteiger partial charge in [0.25, 0.3) is 5.69 Å². The number of anilines is 1. The molecule has 1 aromatic heterocycles. The van der Waals surface area contributed by atoms with Crippen LogP contribution in [-0.2, 0) is 11.3 Å². The molecule has 3 aromatic rings. The number of nitrogens with one attached hydrogen (secondary N) is 1. The van der Waals surface area contributed by atoms with Crippen LogP contribution < -0.4 is 14.2 Å². The van der Waals surface area contributed by atoms with Gasteiger partial charge in [0, 0.05) is 12.7 Å². The van der Waals surface area contributed by atoms with Crippen molar-refractivity contribution in [3.05, 3.63) is 76.2 Å². The Kier molecular flexibility index (Phi) is 8.58. The zero-order chi connectivity index (χ0) is 22.8. The molecule has 3 rings (SSSR count). The van der Waals surface area contributed by atoms with Gasteiger partial charge in [0.05, 0.1) is 17.7 Å². The number of aromatic nitrogens is 2. The number of benzene rings is 2. The summed E-state index contributed by atoms with van der Waals surface area (Å²) in [4.78, 5) is 18.8. The Balaban J connectivity index is 1.60. The number of hydrogen-bond acceptors (Lipinski definition) is 9. The molecule has 0 bridgehead atoms. The predicted molar refractivity (Wildman–Crippen MR) is 117 cm³/mol. The van der Waals surface area contributed by atoms with Crippen molar-refractivity contribution in [3.63, 3.8) is 0 Å². The van der Waals surface area contributed by atoms with E-state index in [1.807, 2.05) is 31.2 Å². The summed E-state index contributed by atoms with van der Waals surface area (Å²) in [7, 11) is 0. The van der Waals surface area contributed by atoms with Crippen LogP contribution in [0.5, 0.6) is 11.8 Å². The van der Waals surface area contributed by atoms with Crippen LogP contribution in [0.2, 0.25) is 0 Å². The smallest absolute Gasteiger partial charge is 0.318 e. The Morgan fingerprint density at radius 2 is 2.00 bits per heavy atom. The fourth-order valence-corrected chi connectivity index (χ4v) is 3.27. The Labute approximate surface area is 188 Å². The second-order valence-corrected chi connectivity index (χ2v) is 7.11. The zero-order valence-electron chi connectivity index (χ0n) is 17.2. The van der Waals surface area contributed by atoms with E-state index in [4.69, 9.17) is 14.2 Å². The fourth-order valence-electron chi connectivity index (χ4n) is 2.53. The van der Waals surface area contributed by atoms with Crippen molar-refractivity contribution in [2.24, 2.45) is 0 Å². The summed E-state index contributed by atoms with van der Waals surface area (Å²) < 4.78 is 33.2. The first kappa shape index (κ1) is 23.2. The van der Waals surface area contributed by atoms with E-state index in [0.717, 1.165) is 23.7 Å². The molecule has 0 atom stereocenters. The van der Waals surface area contributed by atoms with Crippen molar-refractivity contribution >= 4 is 23.5 Å². The second kappa shape index (κ2) is 11.8. The molecule has 11 heteroatoms. The number of rotatable bonds is 12. The summed E-state index contributed by atoms with van der Waals surface area (Å²) >= 11 is 0.874. The lowest BCUT2D eigenvalue weighted by Gasteiger charge is -2.10. The fraction of sp³-hybridized carbons (Fsp3) is 0.238. The summed E-state index contributed by atoms with van der Waals surface area (Å²) in [6, 6.07) is 13.4. The number of halogens is 1. The average Bonchev–Trinajstić information content (AvgIpc) is 2.81. The highest BCUT2D eigenvalue weighted by Gasteiger charge is 2.15. The molecular weight excluding hydrogens is 439 g/mol. The highest BCUT2D eigenvalue weighted by molar-refractivity contribution is 8.00. The van der Waals surface area contributed by atoms with Crippen molar-refractivity contribution in [2.75, 3.05) is 24.5 Å². The molecule has 0 fully saturated rings. The normalized spacial score (nSPS) is 10.6. The van der Waals surface area contributed by atoms with E-state index in [9.17, 15) is 14.5 Å². The van der Waals surface area contributed by atoms with Gasteiger partial charge in [-0.3, -0.25) is 10.1 Å². The number of nitro groups is 1. The lowest BCUT2D eigenvalue weighted by atomic mass is 10.2. The number of nitrogens with zero attached hydrogens (tertiary/aromatic N) is 3. The molecule has 0 aliphatic heterocycles. The molecule has 0 unspecified atom stereocenters. The molecule has 0 saturated heterocycles. The molecule has 0 radical (unpaired) electrons. The number of hydrogen-bond donors (Lipinski definition) is 1. The molecule has 2 aromatic carbocycles. The van der Waals surface area contributed by atoms with E-state index in [0.29, 0.717) is 30.5 Å². The van der Waals surface area contributed by atoms with Crippen LogP contribution in [0.25, 0.3) is 0 Å². The van der Waals surface area contributed by atoms with Crippen molar-refractivity contribution in [1.29, 1.82) is 0 Å². The first-order chi connectivity index (χ1) is 15.6. The Morgan fingerprint density at radius 3 is 2.81 bits per heavy atom. The van der Waals surface area contributed by atoms with E-state index < -0.39 is 10.7 Å². The molecule has 168 valence electrons. The first-order valence-electron chi connectivity index (χ1n) is 9.68. The van der Waals surface area contributed by atoms with Crippen LogP contribution in [0, 0.1) is 15.9 Å². The van der Waals surface area contributed by atoms with Gasteiger partial charge in [-0.05, 0) is 42.6 Å². The maximum atomic E-state index is 14.1. The van der Waals surface area contributed by atoms with Crippen molar-refractivity contribution in [2.45, 2.75) is 18.4 Å². The van der Waals surface area contributed by atoms with Crippen molar-refractivity contribution in [1.82, 2.24) is 9.97 Å². The Bertz CT molecular complexity index is 1060. The lowest BCUT2D eigenvalue weighted by molar-refractivity contribution is -0.387. The molecule has 0 aliphatic rings. The third-order valence-corrected chi connectivity index (χ3v) is 4.87. The minimum Gasteiger partial charge on any atom is -0.491 e. The predicted octanol–water partition coefficient (Wildman–Crippen LogP) is 4.64. The van der Waals surface area contributed by atoms with Crippen molar-refractivity contribution in [3.8, 4) is 11.8 Å². The first-order valence-corrected chi connectivity index (χ1v) is 10.5. The van der Waals surface area contributed by atoms with Gasteiger partial charge in [0.1, 0.15) is 23.9 Å². The maximum Gasteiger partial charge on any atom is 0.318 e. The second-order valence-electron chi connectivity index (χ2n) is 6.26. The molecule has 0 amide bonds. The summed E-state index contributed by atoms with van der Waals surface area (Å²) in [6.45, 7) is 3.63. The molecule has 9 nitrogen and oxygen atoms in total. The third-order valence-electron chi connectivity index (χ3n) is 4.01. The third kappa shape index (κ3) is 6.79. The minimum atomic E-state index is -0.715. The highest BCUT2D eigenvalue weighted by atomic mass is 32.2. The molecule has 1 N–H and O–H groups in total. The molecule has 0 saturated carbocycles. The maximum absolute atomic E-state index is 14.1. The van der Waals surface area contributed by atoms with Crippen LogP contribution in [0.1, 0.15) is 12.5 Å². The van der Waals surface area contributed by atoms with E-state index in [2.05, 4.69) is 14.7 Å². The SMILES string of the molecule is CCOCCOc1cccc(COc2ncc(F)c(NSc3ccccc3[N+](=O)[O-])n2)c1. The Morgan fingerprint density at radius 1 is 1.16 bits per heavy atom. The van der Waals surface area contributed by atoms with Gasteiger partial charge in [0.2, 0.25) is 0 Å². The van der Waals surface area contributed by atoms with E-state index >= 15 is 0 Å². The van der Waals surface area contributed by atoms with E-state index in [1.165, 1.54) is 6.07 Å². The van der Waals surface area contributed by atoms with Crippen LogP contribution in [-0.4, -0.2) is 34.7 Å². The van der Waals surface area contributed by atoms with Gasteiger partial charge < -0.3 is 18.9 Å². The van der Waals surface area contributed by atoms with Crippen LogP contribution in [0.4, 0.5) is 15.9 Å². The van der Waals surface area contributed by atoms with Gasteiger partial charge in [-0.25, -0.2) is 9.37 Å². The molecule has 0 aliphatic carbocycles. The number of ether oxygens (including phenoxy) is 3. The molecule has 32 heavy (non-hydrogen) atoms. The van der Waals surface area contributed by atoms with Gasteiger partial charge >= 0.3 is 6.01 Å². The largest absolute Gasteiger partial charge is 0.491 e. The van der Waals surface area contributed by atoms with Crippen LogP contribution >= 0.6 is 11.9 Å². The minimum absolute atomic E-state index is 0.0419. The van der Waals surface area contributed by atoms with Gasteiger partial charge in [0.15, 0.2) is 11.6 Å². The van der Waals surface area contributed by atoms with E-state index in [1.54, 1.807) is 18.2 Å². The summed E-state index contributed by atoms with van der Waals surface area (Å²) in [5.41, 5.74) is 0.718. The quantitative estimate of drug-likeness (QED) is 0.179. The monoisotopic (exact) mass is 460 g/mol. The van der Waals surface area contributed by atoms with Crippen molar-refractivity contribution < 1.29 is 23.5 Å². The molecular formula is C21H21FN4O5S. The van der Waals surface area contributed by atoms with Gasteiger partial charge in [-0.1, -0.05) is 24.3 Å². The number of para-hydroxylation sites is 1. The molecule has 0 spiro atoms. The molecule has 1 heterocycles.